The third kappa shape index (κ3) is 9.78. The molecule has 0 unspecified atom stereocenters. The van der Waals surface area contributed by atoms with Crippen molar-refractivity contribution in [2.24, 2.45) is 5.41 Å². The topological polar surface area (TPSA) is 20.2 Å². The molecule has 15 heavy (non-hydrogen) atoms. The fraction of sp³-hybridized carbons (Fsp3) is 0.786. The first-order valence-corrected chi connectivity index (χ1v) is 6.06. The number of rotatable bonds is 6. The molecule has 88 valence electrons. The highest BCUT2D eigenvalue weighted by Gasteiger charge is 2.03. The van der Waals surface area contributed by atoms with E-state index in [4.69, 9.17) is 5.11 Å². The lowest BCUT2D eigenvalue weighted by Crippen LogP contribution is -1.98. The van der Waals surface area contributed by atoms with Gasteiger partial charge in [0.15, 0.2) is 0 Å². The van der Waals surface area contributed by atoms with Gasteiger partial charge in [0.25, 0.3) is 0 Å². The maximum absolute atomic E-state index is 9.16. The second-order valence-electron chi connectivity index (χ2n) is 5.23. The summed E-state index contributed by atoms with van der Waals surface area (Å²) >= 11 is 0. The van der Waals surface area contributed by atoms with Crippen LogP contribution in [0.25, 0.3) is 0 Å². The summed E-state index contributed by atoms with van der Waals surface area (Å²) in [6.45, 7) is 8.80. The highest BCUT2D eigenvalue weighted by Crippen LogP contribution is 2.15. The van der Waals surface area contributed by atoms with Gasteiger partial charge in [0.1, 0.15) is 0 Å². The maximum atomic E-state index is 9.16. The van der Waals surface area contributed by atoms with Crippen LogP contribution in [0.2, 0.25) is 0 Å². The first kappa shape index (κ1) is 14.5. The molecule has 0 saturated carbocycles. The van der Waals surface area contributed by atoms with Crippen molar-refractivity contribution in [3.63, 3.8) is 0 Å². The summed E-state index contributed by atoms with van der Waals surface area (Å²) < 4.78 is 0. The highest BCUT2D eigenvalue weighted by molar-refractivity contribution is 5.04. The molecule has 0 aliphatic carbocycles. The molecule has 0 amide bonds. The molecule has 0 fully saturated rings. The van der Waals surface area contributed by atoms with Crippen LogP contribution in [0.15, 0.2) is 17.4 Å². The van der Waals surface area contributed by atoms with Crippen LogP contribution in [0.5, 0.6) is 0 Å². The number of hydrogen-bond donors (Lipinski definition) is 1. The van der Waals surface area contributed by atoms with Crippen LogP contribution < -0.4 is 0 Å². The number of hydrogen-bond acceptors (Lipinski definition) is 1. The van der Waals surface area contributed by atoms with Crippen molar-refractivity contribution in [1.29, 1.82) is 0 Å². The van der Waals surface area contributed by atoms with E-state index in [-0.39, 0.29) is 12.0 Å². The largest absolute Gasteiger partial charge is 0.391 e. The standard InChI is InChI=1S/C14H26O/c1-5-6-7-8-9-13(12-15)10-11-14(2,3)4/h11,15H,5-9,12H2,1-4H3. The maximum Gasteiger partial charge on any atom is 0.0715 e. The van der Waals surface area contributed by atoms with Crippen molar-refractivity contribution in [3.05, 3.63) is 17.4 Å². The lowest BCUT2D eigenvalue weighted by Gasteiger charge is -2.09. The Bertz CT molecular complexity index is 214. The molecule has 0 aromatic carbocycles. The minimum absolute atomic E-state index is 0.151. The van der Waals surface area contributed by atoms with Crippen LogP contribution in [0.3, 0.4) is 0 Å². The lowest BCUT2D eigenvalue weighted by atomic mass is 9.96. The lowest BCUT2D eigenvalue weighted by molar-refractivity contribution is 0.325. The molecule has 0 rings (SSSR count). The minimum Gasteiger partial charge on any atom is -0.391 e. The van der Waals surface area contributed by atoms with Crippen LogP contribution in [0, 0.1) is 5.41 Å². The van der Waals surface area contributed by atoms with E-state index in [0.717, 1.165) is 12.0 Å². The monoisotopic (exact) mass is 210 g/mol. The Morgan fingerprint density at radius 3 is 2.33 bits per heavy atom. The van der Waals surface area contributed by atoms with E-state index in [1.54, 1.807) is 0 Å². The van der Waals surface area contributed by atoms with Crippen LogP contribution >= 0.6 is 0 Å². The third-order valence-corrected chi connectivity index (χ3v) is 2.23. The molecular formula is C14H26O. The summed E-state index contributed by atoms with van der Waals surface area (Å²) in [6, 6.07) is 0. The SMILES string of the molecule is CCCCCCC(=C=CC(C)(C)C)CO. The molecule has 1 N–H and O–H groups in total. The summed E-state index contributed by atoms with van der Waals surface area (Å²) in [5.41, 5.74) is 4.43. The van der Waals surface area contributed by atoms with E-state index in [1.165, 1.54) is 25.7 Å². The Morgan fingerprint density at radius 1 is 1.20 bits per heavy atom. The molecule has 1 heteroatoms. The molecule has 0 aromatic rings. The second kappa shape index (κ2) is 7.73. The Kier molecular flexibility index (Phi) is 7.46. The minimum atomic E-state index is 0.151. The Labute approximate surface area is 94.9 Å². The third-order valence-electron chi connectivity index (χ3n) is 2.23. The predicted octanol–water partition coefficient (Wildman–Crippen LogP) is 4.08. The van der Waals surface area contributed by atoms with Gasteiger partial charge in [0, 0.05) is 0 Å². The van der Waals surface area contributed by atoms with Gasteiger partial charge in [-0.25, -0.2) is 0 Å². The van der Waals surface area contributed by atoms with Crippen LogP contribution in [0.1, 0.15) is 59.8 Å². The normalized spacial score (nSPS) is 11.0. The zero-order valence-electron chi connectivity index (χ0n) is 10.8. The highest BCUT2D eigenvalue weighted by atomic mass is 16.3. The smallest absolute Gasteiger partial charge is 0.0715 e. The van der Waals surface area contributed by atoms with Crippen molar-refractivity contribution in [2.45, 2.75) is 59.8 Å². The van der Waals surface area contributed by atoms with E-state index >= 15 is 0 Å². The van der Waals surface area contributed by atoms with Gasteiger partial charge >= 0.3 is 0 Å². The molecule has 0 radical (unpaired) electrons. The second-order valence-corrected chi connectivity index (χ2v) is 5.23. The van der Waals surface area contributed by atoms with Crippen LogP contribution in [0.4, 0.5) is 0 Å². The van der Waals surface area contributed by atoms with Gasteiger partial charge in [-0.1, -0.05) is 47.0 Å². The number of aliphatic hydroxyl groups is 1. The molecule has 0 saturated heterocycles. The van der Waals surface area contributed by atoms with Gasteiger partial charge in [-0.05, 0) is 29.9 Å². The van der Waals surface area contributed by atoms with Gasteiger partial charge < -0.3 is 5.11 Å². The average molecular weight is 210 g/mol. The summed E-state index contributed by atoms with van der Waals surface area (Å²) in [4.78, 5) is 0. The van der Waals surface area contributed by atoms with Crippen molar-refractivity contribution >= 4 is 0 Å². The van der Waals surface area contributed by atoms with E-state index in [0.29, 0.717) is 0 Å². The fourth-order valence-electron chi connectivity index (χ4n) is 1.28. The van der Waals surface area contributed by atoms with Gasteiger partial charge in [-0.15, -0.1) is 5.73 Å². The Morgan fingerprint density at radius 2 is 1.87 bits per heavy atom. The molecule has 0 aliphatic heterocycles. The van der Waals surface area contributed by atoms with Crippen LogP contribution in [-0.4, -0.2) is 11.7 Å². The molecule has 0 aliphatic rings. The van der Waals surface area contributed by atoms with Crippen LogP contribution in [-0.2, 0) is 0 Å². The molecular weight excluding hydrogens is 184 g/mol. The predicted molar refractivity (Wildman–Crippen MR) is 66.9 cm³/mol. The van der Waals surface area contributed by atoms with Gasteiger partial charge in [-0.3, -0.25) is 0 Å². The van der Waals surface area contributed by atoms with Crippen molar-refractivity contribution < 1.29 is 5.11 Å². The van der Waals surface area contributed by atoms with Gasteiger partial charge in [0.2, 0.25) is 0 Å². The van der Waals surface area contributed by atoms with E-state index in [9.17, 15) is 0 Å². The van der Waals surface area contributed by atoms with E-state index < -0.39 is 0 Å². The summed E-state index contributed by atoms with van der Waals surface area (Å²) in [5.74, 6) is 0. The fourth-order valence-corrected chi connectivity index (χ4v) is 1.28. The Hall–Kier alpha value is -0.520. The molecule has 0 atom stereocenters. The summed E-state index contributed by atoms with van der Waals surface area (Å²) in [6.07, 6.45) is 8.03. The quantitative estimate of drug-likeness (QED) is 0.517. The van der Waals surface area contributed by atoms with Crippen molar-refractivity contribution in [2.75, 3.05) is 6.61 Å². The van der Waals surface area contributed by atoms with Gasteiger partial charge in [0.05, 0.1) is 6.61 Å². The van der Waals surface area contributed by atoms with E-state index in [2.05, 4.69) is 39.5 Å². The molecule has 0 bridgehead atoms. The van der Waals surface area contributed by atoms with Crippen molar-refractivity contribution in [1.82, 2.24) is 0 Å². The molecule has 1 nitrogen and oxygen atoms in total. The zero-order valence-corrected chi connectivity index (χ0v) is 10.8. The summed E-state index contributed by atoms with van der Waals surface area (Å²) in [7, 11) is 0. The zero-order chi connectivity index (χ0) is 11.7. The number of unbranched alkanes of at least 4 members (excludes halogenated alkanes) is 3. The number of aliphatic hydroxyl groups excluding tert-OH is 1. The van der Waals surface area contributed by atoms with Gasteiger partial charge in [-0.2, -0.15) is 0 Å². The molecule has 0 aromatic heterocycles. The average Bonchev–Trinajstić information content (AvgIpc) is 2.15. The molecule has 0 spiro atoms. The van der Waals surface area contributed by atoms with E-state index in [1.807, 2.05) is 0 Å². The van der Waals surface area contributed by atoms with Crippen molar-refractivity contribution in [3.8, 4) is 0 Å². The Balaban J connectivity index is 4.07. The molecule has 0 heterocycles. The summed E-state index contributed by atoms with van der Waals surface area (Å²) in [5, 5.41) is 9.16. The first-order valence-electron chi connectivity index (χ1n) is 6.06. The first-order chi connectivity index (χ1) is 6.99.